The van der Waals surface area contributed by atoms with Crippen LogP contribution in [0.25, 0.3) is 0 Å². The minimum absolute atomic E-state index is 0.107. The van der Waals surface area contributed by atoms with Gasteiger partial charge >= 0.3 is 0 Å². The molecule has 1 heterocycles. The number of oxime groups is 1. The summed E-state index contributed by atoms with van der Waals surface area (Å²) >= 11 is 0. The van der Waals surface area contributed by atoms with Gasteiger partial charge in [0.25, 0.3) is 0 Å². The highest BCUT2D eigenvalue weighted by Gasteiger charge is 2.16. The van der Waals surface area contributed by atoms with Gasteiger partial charge in [0.2, 0.25) is 0 Å². The Hall–Kier alpha value is -0.850. The first-order chi connectivity index (χ1) is 7.76. The number of hydrogen-bond acceptors (Lipinski definition) is 5. The van der Waals surface area contributed by atoms with E-state index in [9.17, 15) is 0 Å². The SMILES string of the molecule is CCC(CC(N)=NO)NCC1COCCO1. The van der Waals surface area contributed by atoms with Crippen molar-refractivity contribution in [3.63, 3.8) is 0 Å². The second-order valence-corrected chi connectivity index (χ2v) is 3.88. The first-order valence-electron chi connectivity index (χ1n) is 5.65. The molecule has 0 aromatic heterocycles. The third-order valence-corrected chi connectivity index (χ3v) is 2.60. The number of ether oxygens (including phenoxy) is 2. The van der Waals surface area contributed by atoms with Gasteiger partial charge in [-0.05, 0) is 6.42 Å². The molecule has 6 heteroatoms. The van der Waals surface area contributed by atoms with E-state index in [1.54, 1.807) is 0 Å². The molecule has 0 radical (unpaired) electrons. The van der Waals surface area contributed by atoms with E-state index in [4.69, 9.17) is 20.4 Å². The van der Waals surface area contributed by atoms with Crippen molar-refractivity contribution in [2.75, 3.05) is 26.4 Å². The van der Waals surface area contributed by atoms with Gasteiger partial charge in [-0.3, -0.25) is 0 Å². The van der Waals surface area contributed by atoms with Crippen molar-refractivity contribution in [2.24, 2.45) is 10.9 Å². The zero-order valence-electron chi connectivity index (χ0n) is 9.69. The van der Waals surface area contributed by atoms with Crippen LogP contribution in [0, 0.1) is 0 Å². The van der Waals surface area contributed by atoms with Crippen LogP contribution in [0.1, 0.15) is 19.8 Å². The van der Waals surface area contributed by atoms with Crippen molar-refractivity contribution in [3.05, 3.63) is 0 Å². The molecule has 94 valence electrons. The molecular weight excluding hydrogens is 210 g/mol. The zero-order valence-corrected chi connectivity index (χ0v) is 9.69. The molecule has 6 nitrogen and oxygen atoms in total. The Morgan fingerprint density at radius 1 is 1.62 bits per heavy atom. The summed E-state index contributed by atoms with van der Waals surface area (Å²) in [6.07, 6.45) is 1.57. The van der Waals surface area contributed by atoms with Crippen molar-refractivity contribution in [1.82, 2.24) is 5.32 Å². The van der Waals surface area contributed by atoms with Gasteiger partial charge < -0.3 is 25.7 Å². The standard InChI is InChI=1S/C10H21N3O3/c1-2-8(5-10(11)13-14)12-6-9-7-15-3-4-16-9/h8-9,12,14H,2-7H2,1H3,(H2,11,13). The molecule has 2 atom stereocenters. The molecule has 4 N–H and O–H groups in total. The number of hydrogen-bond donors (Lipinski definition) is 3. The quantitative estimate of drug-likeness (QED) is 0.257. The minimum atomic E-state index is 0.107. The van der Waals surface area contributed by atoms with Gasteiger partial charge in [0.15, 0.2) is 0 Å². The van der Waals surface area contributed by atoms with Crippen molar-refractivity contribution in [3.8, 4) is 0 Å². The lowest BCUT2D eigenvalue weighted by molar-refractivity contribution is -0.0870. The maximum Gasteiger partial charge on any atom is 0.140 e. The topological polar surface area (TPSA) is 89.1 Å². The van der Waals surface area contributed by atoms with Crippen molar-refractivity contribution in [1.29, 1.82) is 0 Å². The molecule has 0 spiro atoms. The largest absolute Gasteiger partial charge is 0.409 e. The smallest absolute Gasteiger partial charge is 0.140 e. The van der Waals surface area contributed by atoms with Crippen molar-refractivity contribution < 1.29 is 14.7 Å². The number of nitrogens with two attached hydrogens (primary N) is 1. The molecule has 1 saturated heterocycles. The predicted molar refractivity (Wildman–Crippen MR) is 60.7 cm³/mol. The van der Waals surface area contributed by atoms with Crippen molar-refractivity contribution in [2.45, 2.75) is 31.9 Å². The molecule has 2 unspecified atom stereocenters. The van der Waals surface area contributed by atoms with Crippen LogP contribution < -0.4 is 11.1 Å². The lowest BCUT2D eigenvalue weighted by Crippen LogP contribution is -2.42. The zero-order chi connectivity index (χ0) is 11.8. The molecule has 0 saturated carbocycles. The fraction of sp³-hybridized carbons (Fsp3) is 0.900. The highest BCUT2D eigenvalue weighted by molar-refractivity contribution is 5.80. The van der Waals surface area contributed by atoms with Gasteiger partial charge in [0.1, 0.15) is 5.84 Å². The second-order valence-electron chi connectivity index (χ2n) is 3.88. The Balaban J connectivity index is 2.22. The molecule has 1 aliphatic rings. The number of amidine groups is 1. The summed E-state index contributed by atoms with van der Waals surface area (Å²) in [7, 11) is 0. The second kappa shape index (κ2) is 7.43. The van der Waals surface area contributed by atoms with E-state index in [0.29, 0.717) is 26.2 Å². The van der Waals surface area contributed by atoms with E-state index in [1.807, 2.05) is 0 Å². The summed E-state index contributed by atoms with van der Waals surface area (Å²) < 4.78 is 10.8. The molecule has 1 aliphatic heterocycles. The Morgan fingerprint density at radius 3 is 3.00 bits per heavy atom. The predicted octanol–water partition coefficient (Wildman–Crippen LogP) is -0.0935. The first kappa shape index (κ1) is 13.2. The molecule has 0 aromatic carbocycles. The Morgan fingerprint density at radius 2 is 2.44 bits per heavy atom. The molecule has 1 rings (SSSR count). The van der Waals surface area contributed by atoms with E-state index < -0.39 is 0 Å². The fourth-order valence-corrected chi connectivity index (χ4v) is 1.61. The summed E-state index contributed by atoms with van der Waals surface area (Å²) in [6, 6.07) is 0.210. The molecule has 16 heavy (non-hydrogen) atoms. The van der Waals surface area contributed by atoms with Gasteiger partial charge in [-0.2, -0.15) is 0 Å². The average Bonchev–Trinajstić information content (AvgIpc) is 2.35. The summed E-state index contributed by atoms with van der Waals surface area (Å²) in [5, 5.41) is 14.8. The maximum atomic E-state index is 8.49. The Bertz CT molecular complexity index is 217. The molecule has 1 fully saturated rings. The Labute approximate surface area is 95.8 Å². The first-order valence-corrected chi connectivity index (χ1v) is 5.65. The van der Waals surface area contributed by atoms with E-state index in [-0.39, 0.29) is 18.0 Å². The number of rotatable bonds is 6. The number of nitrogens with one attached hydrogen (secondary N) is 1. The Kier molecular flexibility index (Phi) is 6.14. The molecule has 0 amide bonds. The van der Waals surface area contributed by atoms with Gasteiger partial charge in [-0.25, -0.2) is 0 Å². The molecular formula is C10H21N3O3. The fourth-order valence-electron chi connectivity index (χ4n) is 1.61. The third-order valence-electron chi connectivity index (χ3n) is 2.60. The van der Waals surface area contributed by atoms with Gasteiger partial charge in [0, 0.05) is 19.0 Å². The van der Waals surface area contributed by atoms with Crippen LogP contribution in [0.3, 0.4) is 0 Å². The van der Waals surface area contributed by atoms with Crippen LogP contribution in [0.15, 0.2) is 5.16 Å². The monoisotopic (exact) mass is 231 g/mol. The van der Waals surface area contributed by atoms with Crippen LogP contribution in [0.5, 0.6) is 0 Å². The van der Waals surface area contributed by atoms with Crippen LogP contribution >= 0.6 is 0 Å². The highest BCUT2D eigenvalue weighted by Crippen LogP contribution is 2.02. The van der Waals surface area contributed by atoms with E-state index in [1.165, 1.54) is 0 Å². The van der Waals surface area contributed by atoms with Crippen LogP contribution in [-0.2, 0) is 9.47 Å². The van der Waals surface area contributed by atoms with Gasteiger partial charge in [-0.1, -0.05) is 12.1 Å². The number of nitrogens with zero attached hydrogens (tertiary/aromatic N) is 1. The minimum Gasteiger partial charge on any atom is -0.409 e. The molecule has 0 bridgehead atoms. The summed E-state index contributed by atoms with van der Waals surface area (Å²) in [4.78, 5) is 0. The van der Waals surface area contributed by atoms with Gasteiger partial charge in [0.05, 0.1) is 25.9 Å². The summed E-state index contributed by atoms with van der Waals surface area (Å²) in [5.74, 6) is 0.250. The molecule has 0 aliphatic carbocycles. The van der Waals surface area contributed by atoms with Crippen LogP contribution in [0.4, 0.5) is 0 Å². The molecule has 0 aromatic rings. The summed E-state index contributed by atoms with van der Waals surface area (Å²) in [6.45, 7) is 4.76. The third kappa shape index (κ3) is 4.78. The highest BCUT2D eigenvalue weighted by atomic mass is 16.6. The van der Waals surface area contributed by atoms with Crippen molar-refractivity contribution >= 4 is 5.84 Å². The van der Waals surface area contributed by atoms with Crippen LogP contribution in [0.2, 0.25) is 0 Å². The van der Waals surface area contributed by atoms with E-state index in [2.05, 4.69) is 17.4 Å². The van der Waals surface area contributed by atoms with E-state index >= 15 is 0 Å². The van der Waals surface area contributed by atoms with Crippen LogP contribution in [-0.4, -0.2) is 49.6 Å². The van der Waals surface area contributed by atoms with Gasteiger partial charge in [-0.15, -0.1) is 0 Å². The van der Waals surface area contributed by atoms with E-state index in [0.717, 1.165) is 13.0 Å². The summed E-state index contributed by atoms with van der Waals surface area (Å²) in [5.41, 5.74) is 5.46. The average molecular weight is 231 g/mol. The lowest BCUT2D eigenvalue weighted by Gasteiger charge is -2.25. The maximum absolute atomic E-state index is 8.49. The lowest BCUT2D eigenvalue weighted by atomic mass is 10.1. The normalized spacial score (nSPS) is 24.3.